The van der Waals surface area contributed by atoms with Gasteiger partial charge in [-0.25, -0.2) is 0 Å². The van der Waals surface area contributed by atoms with Crippen LogP contribution in [0.15, 0.2) is 23.2 Å². The number of hydrogen-bond acceptors (Lipinski definition) is 8. The molecule has 2 aromatic rings. The molecular weight excluding hydrogens is 395 g/mol. The van der Waals surface area contributed by atoms with Gasteiger partial charge in [0.25, 0.3) is 0 Å². The van der Waals surface area contributed by atoms with Gasteiger partial charge in [0.1, 0.15) is 0 Å². The van der Waals surface area contributed by atoms with Crippen molar-refractivity contribution in [3.05, 3.63) is 29.3 Å². The van der Waals surface area contributed by atoms with Gasteiger partial charge >= 0.3 is 0 Å². The van der Waals surface area contributed by atoms with Crippen molar-refractivity contribution in [3.63, 3.8) is 0 Å². The van der Waals surface area contributed by atoms with Crippen molar-refractivity contribution in [2.75, 3.05) is 42.6 Å². The summed E-state index contributed by atoms with van der Waals surface area (Å²) >= 11 is 0. The van der Waals surface area contributed by atoms with Crippen LogP contribution in [0.2, 0.25) is 0 Å². The Balaban J connectivity index is 1.88. The van der Waals surface area contributed by atoms with Gasteiger partial charge in [-0.2, -0.15) is 15.0 Å². The fraction of sp³-hybridized carbons (Fsp3) is 0.524. The summed E-state index contributed by atoms with van der Waals surface area (Å²) in [5.74, 6) is 1.65. The van der Waals surface area contributed by atoms with Crippen molar-refractivity contribution in [1.82, 2.24) is 20.3 Å². The predicted molar refractivity (Wildman–Crippen MR) is 129 cm³/mol. The maximum Gasteiger partial charge on any atom is 0.233 e. The van der Waals surface area contributed by atoms with Crippen LogP contribution in [0.4, 0.5) is 23.5 Å². The van der Waals surface area contributed by atoms with E-state index in [1.165, 1.54) is 0 Å². The Morgan fingerprint density at radius 3 is 2.60 bits per heavy atom. The van der Waals surface area contributed by atoms with Gasteiger partial charge in [-0.1, -0.05) is 42.1 Å². The molecule has 1 saturated heterocycles. The van der Waals surface area contributed by atoms with E-state index in [0.29, 0.717) is 23.9 Å². The smallest absolute Gasteiger partial charge is 0.233 e. The lowest BCUT2D eigenvalue weighted by Crippen LogP contribution is -2.25. The minimum Gasteiger partial charge on any atom is -0.353 e. The first-order valence-electron chi connectivity index (χ1n) is 10.3. The maximum atomic E-state index is 4.62. The molecule has 0 aliphatic carbocycles. The molecule has 0 bridgehead atoms. The van der Waals surface area contributed by atoms with Crippen LogP contribution in [0.3, 0.4) is 0 Å². The minimum atomic E-state index is 0.114. The third kappa shape index (κ3) is 6.34. The number of anilines is 4. The van der Waals surface area contributed by atoms with Crippen LogP contribution in [-0.2, 0) is 0 Å². The first kappa shape index (κ1) is 22.4. The highest BCUT2D eigenvalue weighted by Gasteiger charge is 2.18. The Labute approximate surface area is 181 Å². The lowest BCUT2D eigenvalue weighted by molar-refractivity contribution is 0.442. The van der Waals surface area contributed by atoms with Crippen LogP contribution in [-0.4, -0.2) is 53.1 Å². The lowest BCUT2D eigenvalue weighted by Gasteiger charge is -2.20. The Morgan fingerprint density at radius 2 is 1.93 bits per heavy atom. The van der Waals surface area contributed by atoms with Crippen molar-refractivity contribution in [1.29, 1.82) is 0 Å². The average Bonchev–Trinajstić information content (AvgIpc) is 3.20. The molecule has 0 spiro atoms. The minimum absolute atomic E-state index is 0.114. The van der Waals surface area contributed by atoms with Gasteiger partial charge in [0.2, 0.25) is 17.8 Å². The Morgan fingerprint density at radius 1 is 1.20 bits per heavy atom. The zero-order valence-electron chi connectivity index (χ0n) is 18.5. The van der Waals surface area contributed by atoms with Crippen molar-refractivity contribution >= 4 is 38.2 Å². The molecule has 8 nitrogen and oxygen atoms in total. The van der Waals surface area contributed by atoms with Gasteiger partial charge in [0, 0.05) is 37.4 Å². The van der Waals surface area contributed by atoms with Gasteiger partial charge in [-0.15, -0.1) is 0 Å². The standard InChI is InChI=1S/C21H33N8P/c1-13-6-7-14(17(30)22-5)10-16(13)26-20-28-18(24-12-21(2,3)4)27-19(29-20)25-15-8-9-23-11-15/h6-7,10,15,23H,8-9,11-12,30H2,1-5H3,(H3,24,25,26,27,28,29)/t15-/m0/s1. The molecular formula is C21H33N8P. The second kappa shape index (κ2) is 9.67. The quantitative estimate of drug-likeness (QED) is 0.396. The Bertz CT molecular complexity index is 900. The highest BCUT2D eigenvalue weighted by molar-refractivity contribution is 7.42. The molecule has 0 saturated carbocycles. The molecule has 2 heterocycles. The molecule has 1 aliphatic heterocycles. The molecule has 9 heteroatoms. The van der Waals surface area contributed by atoms with Crippen LogP contribution in [0.5, 0.6) is 0 Å². The van der Waals surface area contributed by atoms with Crippen LogP contribution in [0.25, 0.3) is 0 Å². The average molecular weight is 429 g/mol. The summed E-state index contributed by atoms with van der Waals surface area (Å²) in [5.41, 5.74) is 4.09. The summed E-state index contributed by atoms with van der Waals surface area (Å²) < 4.78 is 0. The fourth-order valence-electron chi connectivity index (χ4n) is 3.05. The highest BCUT2D eigenvalue weighted by atomic mass is 31.0. The number of aliphatic imine (C=N–C) groups is 1. The summed E-state index contributed by atoms with van der Waals surface area (Å²) in [4.78, 5) is 18.1. The molecule has 30 heavy (non-hydrogen) atoms. The van der Waals surface area contributed by atoms with Crippen LogP contribution >= 0.6 is 9.24 Å². The number of rotatable bonds is 7. The van der Waals surface area contributed by atoms with Crippen molar-refractivity contribution in [2.24, 2.45) is 10.4 Å². The molecule has 1 aliphatic rings. The van der Waals surface area contributed by atoms with Crippen molar-refractivity contribution < 1.29 is 0 Å². The molecule has 3 rings (SSSR count). The van der Waals surface area contributed by atoms with Crippen LogP contribution in [0, 0.1) is 12.3 Å². The second-order valence-electron chi connectivity index (χ2n) is 8.82. The van der Waals surface area contributed by atoms with Gasteiger partial charge in [-0.3, -0.25) is 4.99 Å². The first-order valence-corrected chi connectivity index (χ1v) is 10.9. The zero-order valence-corrected chi connectivity index (χ0v) is 19.7. The summed E-state index contributed by atoms with van der Waals surface area (Å²) in [6.07, 6.45) is 1.05. The third-order valence-corrected chi connectivity index (χ3v) is 5.42. The normalized spacial score (nSPS) is 17.1. The molecule has 1 fully saturated rings. The van der Waals surface area contributed by atoms with E-state index in [1.54, 1.807) is 7.05 Å². The van der Waals surface area contributed by atoms with Gasteiger partial charge in [-0.05, 0) is 36.9 Å². The van der Waals surface area contributed by atoms with E-state index >= 15 is 0 Å². The molecule has 162 valence electrons. The van der Waals surface area contributed by atoms with Crippen LogP contribution in [0.1, 0.15) is 38.3 Å². The van der Waals surface area contributed by atoms with Gasteiger partial charge in [0.15, 0.2) is 0 Å². The summed E-state index contributed by atoms with van der Waals surface area (Å²) in [6.45, 7) is 11.3. The van der Waals surface area contributed by atoms with E-state index in [9.17, 15) is 0 Å². The van der Waals surface area contributed by atoms with E-state index in [-0.39, 0.29) is 5.41 Å². The van der Waals surface area contributed by atoms with E-state index in [1.807, 2.05) is 0 Å². The third-order valence-electron chi connectivity index (χ3n) is 4.83. The zero-order chi connectivity index (χ0) is 21.7. The maximum absolute atomic E-state index is 4.62. The van der Waals surface area contributed by atoms with Gasteiger partial charge in [0.05, 0.1) is 5.45 Å². The van der Waals surface area contributed by atoms with E-state index in [2.05, 4.69) is 96.3 Å². The first-order chi connectivity index (χ1) is 14.2. The number of aryl methyl sites for hydroxylation is 1. The summed E-state index contributed by atoms with van der Waals surface area (Å²) in [5, 5.41) is 13.5. The number of hydrogen-bond donors (Lipinski definition) is 4. The second-order valence-corrected chi connectivity index (χ2v) is 9.36. The number of nitrogens with one attached hydrogen (secondary N) is 4. The monoisotopic (exact) mass is 428 g/mol. The van der Waals surface area contributed by atoms with E-state index < -0.39 is 0 Å². The van der Waals surface area contributed by atoms with E-state index in [0.717, 1.165) is 48.3 Å². The van der Waals surface area contributed by atoms with E-state index in [4.69, 9.17) is 0 Å². The number of aromatic nitrogens is 3. The Hall–Kier alpha value is -2.31. The van der Waals surface area contributed by atoms with Gasteiger partial charge < -0.3 is 21.3 Å². The SMILES string of the molecule is CN=C(P)c1ccc(C)c(Nc2nc(NCC(C)(C)C)nc(N[C@H]3CCNC3)n2)c1. The molecule has 0 radical (unpaired) electrons. The molecule has 1 aromatic heterocycles. The van der Waals surface area contributed by atoms with Crippen LogP contribution < -0.4 is 21.3 Å². The van der Waals surface area contributed by atoms with Crippen molar-refractivity contribution in [3.8, 4) is 0 Å². The summed E-state index contributed by atoms with van der Waals surface area (Å²) in [6, 6.07) is 6.50. The fourth-order valence-corrected chi connectivity index (χ4v) is 3.23. The molecule has 0 amide bonds. The number of benzene rings is 1. The highest BCUT2D eigenvalue weighted by Crippen LogP contribution is 2.23. The summed E-state index contributed by atoms with van der Waals surface area (Å²) in [7, 11) is 4.45. The molecule has 1 aromatic carbocycles. The largest absolute Gasteiger partial charge is 0.353 e. The van der Waals surface area contributed by atoms with Crippen molar-refractivity contribution in [2.45, 2.75) is 40.2 Å². The molecule has 2 atom stereocenters. The number of nitrogens with zero attached hydrogens (tertiary/aromatic N) is 4. The topological polar surface area (TPSA) is 99.2 Å². The molecule has 1 unspecified atom stereocenters. The predicted octanol–water partition coefficient (Wildman–Crippen LogP) is 3.41. The lowest BCUT2D eigenvalue weighted by atomic mass is 9.97. The Kier molecular flexibility index (Phi) is 7.21. The molecule has 4 N–H and O–H groups in total.